The van der Waals surface area contributed by atoms with E-state index in [0.717, 1.165) is 48.6 Å². The summed E-state index contributed by atoms with van der Waals surface area (Å²) in [6.45, 7) is 5.20. The maximum Gasteiger partial charge on any atom is 0.340 e. The summed E-state index contributed by atoms with van der Waals surface area (Å²) >= 11 is 0. The quantitative estimate of drug-likeness (QED) is 0.324. The van der Waals surface area contributed by atoms with Crippen molar-refractivity contribution in [1.29, 1.82) is 5.26 Å². The molecule has 37 heavy (non-hydrogen) atoms. The zero-order valence-corrected chi connectivity index (χ0v) is 21.1. The molecule has 1 fully saturated rings. The van der Waals surface area contributed by atoms with Crippen LogP contribution in [-0.4, -0.2) is 55.4 Å². The number of aryl methyl sites for hydroxylation is 1. The van der Waals surface area contributed by atoms with Gasteiger partial charge in [0.25, 0.3) is 0 Å². The number of hydrogen-bond acceptors (Lipinski definition) is 9. The van der Waals surface area contributed by atoms with Gasteiger partial charge in [-0.05, 0) is 36.2 Å². The second-order valence-corrected chi connectivity index (χ2v) is 8.78. The topological polar surface area (TPSA) is 110 Å². The smallest absolute Gasteiger partial charge is 0.340 e. The molecule has 192 valence electrons. The maximum atomic E-state index is 11.9. The molecule has 3 heterocycles. The zero-order chi connectivity index (χ0) is 26.0. The number of nitrogens with one attached hydrogen (secondary N) is 1. The highest BCUT2D eigenvalue weighted by Crippen LogP contribution is 2.26. The number of carbonyl (C=O) groups excluding carboxylic acids is 1. The molecule has 0 spiro atoms. The van der Waals surface area contributed by atoms with Crippen molar-refractivity contribution >= 4 is 17.6 Å². The van der Waals surface area contributed by atoms with Crippen molar-refractivity contribution in [3.8, 4) is 11.8 Å². The van der Waals surface area contributed by atoms with Gasteiger partial charge in [-0.2, -0.15) is 5.26 Å². The summed E-state index contributed by atoms with van der Waals surface area (Å²) in [5.41, 5.74) is 2.25. The van der Waals surface area contributed by atoms with Crippen LogP contribution in [-0.2, 0) is 16.1 Å². The summed E-state index contributed by atoms with van der Waals surface area (Å²) < 4.78 is 16.6. The molecule has 1 aliphatic rings. The molecule has 3 aromatic rings. The van der Waals surface area contributed by atoms with Gasteiger partial charge in [-0.15, -0.1) is 0 Å². The van der Waals surface area contributed by atoms with Gasteiger partial charge in [0.05, 0.1) is 32.1 Å². The molecule has 0 amide bonds. The van der Waals surface area contributed by atoms with Gasteiger partial charge in [0.15, 0.2) is 5.69 Å². The van der Waals surface area contributed by atoms with Gasteiger partial charge in [-0.3, -0.25) is 0 Å². The SMILES string of the molecule is COC(=O)c1cc(C)c(N2CCC(Oc3ccc(NCCOCc4ccccc4)nc3)CC2)nc1C#N. The molecule has 1 aromatic carbocycles. The largest absolute Gasteiger partial charge is 0.489 e. The third-order valence-corrected chi connectivity index (χ3v) is 6.14. The summed E-state index contributed by atoms with van der Waals surface area (Å²) in [6, 6.07) is 17.6. The van der Waals surface area contributed by atoms with Gasteiger partial charge in [-0.25, -0.2) is 14.8 Å². The lowest BCUT2D eigenvalue weighted by Crippen LogP contribution is -2.39. The van der Waals surface area contributed by atoms with E-state index in [-0.39, 0.29) is 17.4 Å². The Morgan fingerprint density at radius 2 is 1.97 bits per heavy atom. The molecule has 0 saturated carbocycles. The van der Waals surface area contributed by atoms with E-state index in [1.54, 1.807) is 12.3 Å². The minimum Gasteiger partial charge on any atom is -0.489 e. The van der Waals surface area contributed by atoms with E-state index in [9.17, 15) is 10.1 Å². The van der Waals surface area contributed by atoms with E-state index in [1.165, 1.54) is 7.11 Å². The monoisotopic (exact) mass is 501 g/mol. The molecule has 0 radical (unpaired) electrons. The molecule has 1 saturated heterocycles. The van der Waals surface area contributed by atoms with E-state index in [4.69, 9.17) is 14.2 Å². The van der Waals surface area contributed by atoms with Crippen LogP contribution in [0.15, 0.2) is 54.7 Å². The average Bonchev–Trinajstić information content (AvgIpc) is 2.94. The molecular formula is C28H31N5O4. The Labute approximate surface area is 217 Å². The predicted molar refractivity (Wildman–Crippen MR) is 140 cm³/mol. The maximum absolute atomic E-state index is 11.9. The number of methoxy groups -OCH3 is 1. The van der Waals surface area contributed by atoms with E-state index >= 15 is 0 Å². The molecule has 0 bridgehead atoms. The van der Waals surface area contributed by atoms with Gasteiger partial charge in [0, 0.05) is 32.5 Å². The molecule has 1 aliphatic heterocycles. The second-order valence-electron chi connectivity index (χ2n) is 8.78. The Balaban J connectivity index is 1.22. The summed E-state index contributed by atoms with van der Waals surface area (Å²) in [5, 5.41) is 12.7. The molecule has 0 aliphatic carbocycles. The summed E-state index contributed by atoms with van der Waals surface area (Å²) in [4.78, 5) is 23.0. The van der Waals surface area contributed by atoms with Crippen molar-refractivity contribution in [1.82, 2.24) is 9.97 Å². The van der Waals surface area contributed by atoms with Crippen molar-refractivity contribution in [2.45, 2.75) is 32.5 Å². The molecule has 0 atom stereocenters. The van der Waals surface area contributed by atoms with E-state index in [2.05, 4.69) is 20.2 Å². The molecule has 2 aromatic heterocycles. The standard InChI is InChI=1S/C28H31N5O4/c1-20-16-24(28(34)35-2)25(17-29)32-27(20)33-13-10-22(11-14-33)37-23-8-9-26(31-18-23)30-12-15-36-19-21-6-4-3-5-7-21/h3-9,16,18,22H,10-15,19H2,1-2H3,(H,30,31). The van der Waals surface area contributed by atoms with E-state index in [0.29, 0.717) is 25.6 Å². The molecule has 1 N–H and O–H groups in total. The third kappa shape index (κ3) is 6.96. The fourth-order valence-electron chi connectivity index (χ4n) is 4.22. The Bertz CT molecular complexity index is 1220. The number of nitriles is 1. The number of aromatic nitrogens is 2. The number of anilines is 2. The summed E-state index contributed by atoms with van der Waals surface area (Å²) in [6.07, 6.45) is 3.41. The average molecular weight is 502 g/mol. The van der Waals surface area contributed by atoms with Crippen LogP contribution in [0, 0.1) is 18.3 Å². The van der Waals surface area contributed by atoms with E-state index in [1.807, 2.05) is 55.5 Å². The number of rotatable bonds is 10. The first kappa shape index (κ1) is 25.9. The lowest BCUT2D eigenvalue weighted by Gasteiger charge is -2.33. The van der Waals surface area contributed by atoms with Crippen LogP contribution in [0.4, 0.5) is 11.6 Å². The highest BCUT2D eigenvalue weighted by molar-refractivity contribution is 5.92. The van der Waals surface area contributed by atoms with Gasteiger partial charge >= 0.3 is 5.97 Å². The predicted octanol–water partition coefficient (Wildman–Crippen LogP) is 4.12. The van der Waals surface area contributed by atoms with Gasteiger partial charge < -0.3 is 24.4 Å². The fraction of sp³-hybridized carbons (Fsp3) is 0.357. The van der Waals surface area contributed by atoms with Gasteiger partial charge in [-0.1, -0.05) is 30.3 Å². The van der Waals surface area contributed by atoms with Crippen LogP contribution in [0.25, 0.3) is 0 Å². The van der Waals surface area contributed by atoms with Crippen LogP contribution in [0.1, 0.15) is 40.0 Å². The molecular weight excluding hydrogens is 470 g/mol. The fourth-order valence-corrected chi connectivity index (χ4v) is 4.22. The number of pyridine rings is 2. The first-order chi connectivity index (χ1) is 18.1. The number of hydrogen-bond donors (Lipinski definition) is 1. The van der Waals surface area contributed by atoms with Gasteiger partial charge in [0.2, 0.25) is 0 Å². The van der Waals surface area contributed by atoms with Gasteiger partial charge in [0.1, 0.15) is 29.6 Å². The van der Waals surface area contributed by atoms with Crippen molar-refractivity contribution in [3.05, 3.63) is 77.1 Å². The van der Waals surface area contributed by atoms with Crippen LogP contribution in [0.5, 0.6) is 5.75 Å². The Kier molecular flexibility index (Phi) is 8.89. The Hall–Kier alpha value is -4.16. The summed E-state index contributed by atoms with van der Waals surface area (Å²) in [7, 11) is 1.29. The number of nitrogens with zero attached hydrogens (tertiary/aromatic N) is 4. The van der Waals surface area contributed by atoms with Crippen LogP contribution >= 0.6 is 0 Å². The number of carbonyl (C=O) groups is 1. The first-order valence-corrected chi connectivity index (χ1v) is 12.3. The number of benzene rings is 1. The molecule has 9 nitrogen and oxygen atoms in total. The van der Waals surface area contributed by atoms with Crippen LogP contribution < -0.4 is 15.0 Å². The molecule has 0 unspecified atom stereocenters. The minimum atomic E-state index is -0.558. The normalized spacial score (nSPS) is 13.6. The summed E-state index contributed by atoms with van der Waals surface area (Å²) in [5.74, 6) is 1.66. The van der Waals surface area contributed by atoms with Crippen LogP contribution in [0.3, 0.4) is 0 Å². The number of ether oxygens (including phenoxy) is 3. The number of esters is 1. The highest BCUT2D eigenvalue weighted by atomic mass is 16.5. The lowest BCUT2D eigenvalue weighted by atomic mass is 10.1. The minimum absolute atomic E-state index is 0.0633. The van der Waals surface area contributed by atoms with Crippen molar-refractivity contribution < 1.29 is 19.0 Å². The Morgan fingerprint density at radius 3 is 2.65 bits per heavy atom. The number of piperidine rings is 1. The first-order valence-electron chi connectivity index (χ1n) is 12.3. The zero-order valence-electron chi connectivity index (χ0n) is 21.1. The lowest BCUT2D eigenvalue weighted by molar-refractivity contribution is 0.0599. The highest BCUT2D eigenvalue weighted by Gasteiger charge is 2.25. The van der Waals surface area contributed by atoms with Crippen molar-refractivity contribution in [3.63, 3.8) is 0 Å². The Morgan fingerprint density at radius 1 is 1.19 bits per heavy atom. The van der Waals surface area contributed by atoms with Crippen molar-refractivity contribution in [2.24, 2.45) is 0 Å². The second kappa shape index (κ2) is 12.7. The van der Waals surface area contributed by atoms with E-state index < -0.39 is 5.97 Å². The molecule has 9 heteroatoms. The molecule has 4 rings (SSSR count). The third-order valence-electron chi connectivity index (χ3n) is 6.14. The van der Waals surface area contributed by atoms with Crippen molar-refractivity contribution in [2.75, 3.05) is 43.6 Å². The van der Waals surface area contributed by atoms with Crippen LogP contribution in [0.2, 0.25) is 0 Å².